The second-order valence-electron chi connectivity index (χ2n) is 10.8. The number of anilines is 1. The van der Waals surface area contributed by atoms with Crippen LogP contribution in [0, 0.1) is 0 Å². The number of carbonyl (C=O) groups excluding carboxylic acids is 1. The standard InChI is InChI=1S/C24H29F6N7O4S2/c1-21(2)19(38)32-5-6-35(21)12-16-13-36(43(40,41)18-9-15(31)3-4-17(18)42)7-8-37(16)20-33-10-14(11-34-20)22(39,23(25,26)27)24(28,29)30/h3,9-11,16,39H,4-8,12-13,31H2,1-2H3,(H,32,38)/t16-/m0/s1. The van der Waals surface area contributed by atoms with Crippen LogP contribution in [-0.2, 0) is 20.4 Å². The zero-order valence-electron chi connectivity index (χ0n) is 22.9. The molecule has 2 saturated heterocycles. The number of hydrogen-bond acceptors (Lipinski definition) is 10. The van der Waals surface area contributed by atoms with Gasteiger partial charge < -0.3 is 21.1 Å². The van der Waals surface area contributed by atoms with Crippen molar-refractivity contribution in [3.63, 3.8) is 0 Å². The highest BCUT2D eigenvalue weighted by atomic mass is 32.2. The molecule has 1 aliphatic carbocycles. The predicted molar refractivity (Wildman–Crippen MR) is 146 cm³/mol. The molecule has 2 fully saturated rings. The van der Waals surface area contributed by atoms with Crippen molar-refractivity contribution in [1.29, 1.82) is 0 Å². The van der Waals surface area contributed by atoms with Gasteiger partial charge in [0, 0.05) is 74.2 Å². The Bertz CT molecular complexity index is 1430. The largest absolute Gasteiger partial charge is 0.430 e. The van der Waals surface area contributed by atoms with Crippen molar-refractivity contribution in [3.05, 3.63) is 40.7 Å². The van der Waals surface area contributed by atoms with Gasteiger partial charge in [-0.3, -0.25) is 9.69 Å². The number of rotatable bonds is 6. The minimum atomic E-state index is -6.12. The number of thiocarbonyl (C=S) groups is 1. The van der Waals surface area contributed by atoms with E-state index in [1.807, 2.05) is 0 Å². The zero-order valence-corrected chi connectivity index (χ0v) is 24.5. The monoisotopic (exact) mass is 657 g/mol. The Balaban J connectivity index is 1.70. The quantitative estimate of drug-likeness (QED) is 0.303. The van der Waals surface area contributed by atoms with Crippen LogP contribution in [0.25, 0.3) is 0 Å². The fourth-order valence-corrected chi connectivity index (χ4v) is 7.17. The van der Waals surface area contributed by atoms with E-state index >= 15 is 0 Å². The van der Waals surface area contributed by atoms with E-state index in [-0.39, 0.29) is 72.3 Å². The third-order valence-corrected chi connectivity index (χ3v) is 10.2. The Morgan fingerprint density at radius 2 is 1.72 bits per heavy atom. The molecule has 43 heavy (non-hydrogen) atoms. The van der Waals surface area contributed by atoms with Crippen LogP contribution in [0.2, 0.25) is 0 Å². The summed E-state index contributed by atoms with van der Waals surface area (Å²) in [5, 5.41) is 12.4. The first-order valence-electron chi connectivity index (χ1n) is 12.9. The van der Waals surface area contributed by atoms with E-state index in [1.54, 1.807) is 24.8 Å². The van der Waals surface area contributed by atoms with Crippen molar-refractivity contribution in [1.82, 2.24) is 24.5 Å². The van der Waals surface area contributed by atoms with Crippen LogP contribution in [0.1, 0.15) is 25.8 Å². The van der Waals surface area contributed by atoms with Gasteiger partial charge in [-0.05, 0) is 19.9 Å². The summed E-state index contributed by atoms with van der Waals surface area (Å²) in [5.41, 5.74) is -1.84. The summed E-state index contributed by atoms with van der Waals surface area (Å²) in [5.74, 6) is -0.582. The molecule has 11 nitrogen and oxygen atoms in total. The van der Waals surface area contributed by atoms with Gasteiger partial charge in [0.15, 0.2) is 0 Å². The number of halogens is 6. The molecule has 4 N–H and O–H groups in total. The zero-order chi connectivity index (χ0) is 32.2. The number of aliphatic hydroxyl groups is 1. The van der Waals surface area contributed by atoms with Crippen molar-refractivity contribution < 1.29 is 44.7 Å². The summed E-state index contributed by atoms with van der Waals surface area (Å²) >= 11 is 5.26. The normalized spacial score (nSPS) is 23.1. The van der Waals surface area contributed by atoms with E-state index < -0.39 is 45.1 Å². The third kappa shape index (κ3) is 5.96. The van der Waals surface area contributed by atoms with E-state index in [9.17, 15) is 44.7 Å². The fourth-order valence-electron chi connectivity index (χ4n) is 5.09. The van der Waals surface area contributed by atoms with Crippen LogP contribution in [0.3, 0.4) is 0 Å². The second-order valence-corrected chi connectivity index (χ2v) is 13.2. The Morgan fingerprint density at radius 3 is 2.30 bits per heavy atom. The maximum Gasteiger partial charge on any atom is 0.430 e. The number of amides is 1. The van der Waals surface area contributed by atoms with Gasteiger partial charge in [0.2, 0.25) is 21.9 Å². The van der Waals surface area contributed by atoms with Gasteiger partial charge in [-0.1, -0.05) is 18.3 Å². The lowest BCUT2D eigenvalue weighted by Gasteiger charge is -2.47. The molecular weight excluding hydrogens is 628 g/mol. The first-order valence-corrected chi connectivity index (χ1v) is 14.7. The van der Waals surface area contributed by atoms with Gasteiger partial charge in [-0.2, -0.15) is 30.6 Å². The number of nitrogens with zero attached hydrogens (tertiary/aromatic N) is 5. The van der Waals surface area contributed by atoms with E-state index in [2.05, 4.69) is 15.3 Å². The van der Waals surface area contributed by atoms with Crippen molar-refractivity contribution in [2.45, 2.75) is 49.8 Å². The Labute approximate surface area is 248 Å². The van der Waals surface area contributed by atoms with Gasteiger partial charge >= 0.3 is 12.4 Å². The van der Waals surface area contributed by atoms with Gasteiger partial charge in [0.25, 0.3) is 5.60 Å². The topological polar surface area (TPSA) is 145 Å². The molecule has 1 amide bonds. The summed E-state index contributed by atoms with van der Waals surface area (Å²) < 4.78 is 109. The number of sulfonamides is 1. The molecule has 0 saturated carbocycles. The summed E-state index contributed by atoms with van der Waals surface area (Å²) in [6, 6.07) is -0.811. The molecule has 0 radical (unpaired) electrons. The minimum Gasteiger partial charge on any atom is -0.399 e. The lowest BCUT2D eigenvalue weighted by atomic mass is 9.95. The number of nitrogens with two attached hydrogens (primary N) is 1. The Hall–Kier alpha value is -2.87. The van der Waals surface area contributed by atoms with E-state index in [1.165, 1.54) is 11.0 Å². The molecule has 238 valence electrons. The molecule has 19 heteroatoms. The van der Waals surface area contributed by atoms with Crippen molar-refractivity contribution in [3.8, 4) is 0 Å². The summed E-state index contributed by atoms with van der Waals surface area (Å²) in [4.78, 5) is 23.2. The van der Waals surface area contributed by atoms with Crippen molar-refractivity contribution >= 4 is 39.0 Å². The summed E-state index contributed by atoms with van der Waals surface area (Å²) in [6.07, 6.45) is -8.78. The predicted octanol–water partition coefficient (Wildman–Crippen LogP) is 1.32. The minimum absolute atomic E-state index is 0.0537. The van der Waals surface area contributed by atoms with Crippen molar-refractivity contribution in [2.75, 3.05) is 44.2 Å². The molecule has 0 unspecified atom stereocenters. The number of hydrogen-bond donors (Lipinski definition) is 3. The number of piperazine rings is 2. The van der Waals surface area contributed by atoms with Gasteiger partial charge in [0.1, 0.15) is 0 Å². The highest BCUT2D eigenvalue weighted by molar-refractivity contribution is 7.96. The van der Waals surface area contributed by atoms with Gasteiger partial charge in [-0.25, -0.2) is 18.4 Å². The average Bonchev–Trinajstić information content (AvgIpc) is 2.91. The first-order chi connectivity index (χ1) is 19.7. The number of carbonyl (C=O) groups is 1. The second kappa shape index (κ2) is 11.2. The van der Waals surface area contributed by atoms with Crippen LogP contribution >= 0.6 is 12.2 Å². The first kappa shape index (κ1) is 33.0. The number of alkyl halides is 6. The average molecular weight is 658 g/mol. The van der Waals surface area contributed by atoms with Crippen LogP contribution < -0.4 is 16.0 Å². The highest BCUT2D eigenvalue weighted by Crippen LogP contribution is 2.49. The molecule has 2 aliphatic heterocycles. The number of aromatic nitrogens is 2. The molecule has 1 aromatic heterocycles. The van der Waals surface area contributed by atoms with Crippen LogP contribution in [-0.4, -0.2) is 107 Å². The molecule has 0 aromatic carbocycles. The third-order valence-electron chi connectivity index (χ3n) is 7.74. The van der Waals surface area contributed by atoms with E-state index in [0.29, 0.717) is 13.1 Å². The molecule has 1 aromatic rings. The van der Waals surface area contributed by atoms with E-state index in [0.717, 1.165) is 4.31 Å². The smallest absolute Gasteiger partial charge is 0.399 e. The SMILES string of the molecule is CC1(C)C(=O)NCCN1C[C@H]1CN(S(=O)(=O)C2=CC(N)=CCC2=S)CCN1c1ncc(C(O)(C(F)(F)F)C(F)(F)F)cn1. The van der Waals surface area contributed by atoms with Crippen molar-refractivity contribution in [2.24, 2.45) is 5.73 Å². The van der Waals surface area contributed by atoms with Crippen LogP contribution in [0.5, 0.6) is 0 Å². The Morgan fingerprint density at radius 1 is 1.12 bits per heavy atom. The Kier molecular flexibility index (Phi) is 8.64. The molecule has 0 bridgehead atoms. The van der Waals surface area contributed by atoms with Gasteiger partial charge in [0.05, 0.1) is 16.5 Å². The van der Waals surface area contributed by atoms with Crippen LogP contribution in [0.15, 0.2) is 35.1 Å². The summed E-state index contributed by atoms with van der Waals surface area (Å²) in [6.45, 7) is 3.55. The lowest BCUT2D eigenvalue weighted by Crippen LogP contribution is -2.66. The lowest BCUT2D eigenvalue weighted by molar-refractivity contribution is -0.376. The number of nitrogens with one attached hydrogen (secondary N) is 1. The number of allylic oxidation sites excluding steroid dienone is 3. The molecule has 1 atom stereocenters. The molecule has 4 rings (SSSR count). The molecule has 0 spiro atoms. The molecule has 3 heterocycles. The van der Waals surface area contributed by atoms with Gasteiger partial charge in [-0.15, -0.1) is 0 Å². The summed E-state index contributed by atoms with van der Waals surface area (Å²) in [7, 11) is -4.16. The maximum atomic E-state index is 13.6. The van der Waals surface area contributed by atoms with E-state index in [4.69, 9.17) is 18.0 Å². The van der Waals surface area contributed by atoms with Crippen LogP contribution in [0.4, 0.5) is 32.3 Å². The molecular formula is C24H29F6N7O4S2. The highest BCUT2D eigenvalue weighted by Gasteiger charge is 2.71. The molecule has 3 aliphatic rings. The fraction of sp³-hybridized carbons (Fsp3) is 0.583. The maximum absolute atomic E-state index is 13.6.